The van der Waals surface area contributed by atoms with Gasteiger partial charge in [-0.1, -0.05) is 12.1 Å². The van der Waals surface area contributed by atoms with Crippen molar-refractivity contribution in [2.75, 3.05) is 41.7 Å². The van der Waals surface area contributed by atoms with Crippen molar-refractivity contribution in [1.82, 2.24) is 20.1 Å². The largest absolute Gasteiger partial charge is 0.352 e. The molecule has 8 nitrogen and oxygen atoms in total. The van der Waals surface area contributed by atoms with E-state index in [9.17, 15) is 4.79 Å². The Labute approximate surface area is 182 Å². The molecule has 3 aromatic rings. The molecular formula is C23H27N7O. The third kappa shape index (κ3) is 5.09. The van der Waals surface area contributed by atoms with Gasteiger partial charge in [0.15, 0.2) is 11.6 Å². The van der Waals surface area contributed by atoms with Crippen LogP contribution >= 0.6 is 0 Å². The van der Waals surface area contributed by atoms with E-state index in [4.69, 9.17) is 0 Å². The highest BCUT2D eigenvalue weighted by molar-refractivity contribution is 5.89. The molecule has 2 N–H and O–H groups in total. The summed E-state index contributed by atoms with van der Waals surface area (Å²) in [4.78, 5) is 20.9. The van der Waals surface area contributed by atoms with Crippen molar-refractivity contribution >= 4 is 29.2 Å². The number of anilines is 4. The van der Waals surface area contributed by atoms with Crippen LogP contribution < -0.4 is 15.5 Å². The lowest BCUT2D eigenvalue weighted by atomic mass is 10.1. The van der Waals surface area contributed by atoms with Gasteiger partial charge in [-0.15, -0.1) is 10.2 Å². The van der Waals surface area contributed by atoms with Crippen LogP contribution in [0.25, 0.3) is 0 Å². The van der Waals surface area contributed by atoms with Crippen LogP contribution in [0.1, 0.15) is 16.7 Å². The summed E-state index contributed by atoms with van der Waals surface area (Å²) in [6.07, 6.45) is 1.81. The van der Waals surface area contributed by atoms with E-state index in [0.717, 1.165) is 28.5 Å². The minimum atomic E-state index is -0.0702. The van der Waals surface area contributed by atoms with Crippen LogP contribution in [0.5, 0.6) is 0 Å². The first kappa shape index (κ1) is 20.6. The third-order valence-electron chi connectivity index (χ3n) is 5.47. The highest BCUT2D eigenvalue weighted by Gasteiger charge is 2.22. The van der Waals surface area contributed by atoms with Crippen LogP contribution in [-0.4, -0.2) is 52.3 Å². The van der Waals surface area contributed by atoms with Crippen molar-refractivity contribution < 1.29 is 4.79 Å². The first-order chi connectivity index (χ1) is 15.0. The van der Waals surface area contributed by atoms with Crippen molar-refractivity contribution in [2.45, 2.75) is 20.8 Å². The van der Waals surface area contributed by atoms with Gasteiger partial charge in [-0.3, -0.25) is 0 Å². The van der Waals surface area contributed by atoms with Crippen molar-refractivity contribution in [3.8, 4) is 0 Å². The zero-order valence-corrected chi connectivity index (χ0v) is 18.1. The number of nitrogens with one attached hydrogen (secondary N) is 2. The Kier molecular flexibility index (Phi) is 5.97. The molecule has 2 amide bonds. The van der Waals surface area contributed by atoms with Crippen LogP contribution in [0.15, 0.2) is 48.7 Å². The Hall–Kier alpha value is -3.68. The van der Waals surface area contributed by atoms with Gasteiger partial charge in [0.05, 0.1) is 0 Å². The number of urea groups is 1. The van der Waals surface area contributed by atoms with Gasteiger partial charge >= 0.3 is 6.03 Å². The maximum Gasteiger partial charge on any atom is 0.321 e. The molecule has 8 heteroatoms. The number of aromatic nitrogens is 3. The van der Waals surface area contributed by atoms with Gasteiger partial charge in [-0.2, -0.15) is 0 Å². The number of benzene rings is 1. The summed E-state index contributed by atoms with van der Waals surface area (Å²) in [5.41, 5.74) is 4.31. The number of nitrogens with zero attached hydrogens (tertiary/aromatic N) is 5. The summed E-state index contributed by atoms with van der Waals surface area (Å²) in [5.74, 6) is 2.18. The van der Waals surface area contributed by atoms with Crippen molar-refractivity contribution in [3.05, 3.63) is 65.4 Å². The Morgan fingerprint density at radius 1 is 0.871 bits per heavy atom. The molecule has 0 spiro atoms. The molecule has 31 heavy (non-hydrogen) atoms. The van der Waals surface area contributed by atoms with E-state index in [1.165, 1.54) is 5.56 Å². The smallest absolute Gasteiger partial charge is 0.321 e. The lowest BCUT2D eigenvalue weighted by Gasteiger charge is -2.35. The minimum Gasteiger partial charge on any atom is -0.352 e. The molecule has 0 bridgehead atoms. The zero-order chi connectivity index (χ0) is 21.8. The van der Waals surface area contributed by atoms with Gasteiger partial charge in [-0.25, -0.2) is 9.78 Å². The van der Waals surface area contributed by atoms with E-state index in [2.05, 4.69) is 37.6 Å². The topological polar surface area (TPSA) is 86.3 Å². The van der Waals surface area contributed by atoms with Gasteiger partial charge in [0.25, 0.3) is 0 Å². The maximum absolute atomic E-state index is 12.6. The van der Waals surface area contributed by atoms with Crippen LogP contribution in [0.2, 0.25) is 0 Å². The summed E-state index contributed by atoms with van der Waals surface area (Å²) in [7, 11) is 0. The molecule has 4 rings (SSSR count). The molecule has 2 aromatic heterocycles. The fourth-order valence-electron chi connectivity index (χ4n) is 3.39. The van der Waals surface area contributed by atoms with Crippen molar-refractivity contribution in [2.24, 2.45) is 0 Å². The number of aryl methyl sites for hydroxylation is 3. The van der Waals surface area contributed by atoms with E-state index >= 15 is 0 Å². The Balaban J connectivity index is 1.30. The maximum atomic E-state index is 12.6. The van der Waals surface area contributed by atoms with E-state index in [-0.39, 0.29) is 6.03 Å². The molecule has 1 aromatic carbocycles. The molecule has 160 valence electrons. The first-order valence-corrected chi connectivity index (χ1v) is 10.4. The molecule has 1 aliphatic rings. The molecule has 3 heterocycles. The molecule has 0 radical (unpaired) electrons. The number of amides is 2. The van der Waals surface area contributed by atoms with Crippen LogP contribution in [-0.2, 0) is 0 Å². The second-order valence-corrected chi connectivity index (χ2v) is 7.83. The molecule has 1 saturated heterocycles. The summed E-state index contributed by atoms with van der Waals surface area (Å²) in [6, 6.07) is 13.6. The molecule has 0 unspecified atom stereocenters. The van der Waals surface area contributed by atoms with Crippen LogP contribution in [0.3, 0.4) is 0 Å². The number of piperazine rings is 1. The summed E-state index contributed by atoms with van der Waals surface area (Å²) < 4.78 is 0. The predicted molar refractivity (Wildman–Crippen MR) is 123 cm³/mol. The second kappa shape index (κ2) is 8.99. The molecular weight excluding hydrogens is 390 g/mol. The molecule has 1 fully saturated rings. The van der Waals surface area contributed by atoms with Gasteiger partial charge in [0, 0.05) is 38.1 Å². The Morgan fingerprint density at radius 3 is 2.29 bits per heavy atom. The Morgan fingerprint density at radius 2 is 1.65 bits per heavy atom. The number of carbonyl (C=O) groups is 1. The van der Waals surface area contributed by atoms with E-state index in [1.54, 1.807) is 6.20 Å². The molecule has 0 atom stereocenters. The zero-order valence-electron chi connectivity index (χ0n) is 18.1. The van der Waals surface area contributed by atoms with Crippen molar-refractivity contribution in [3.63, 3.8) is 0 Å². The number of hydrogen-bond acceptors (Lipinski definition) is 6. The number of rotatable bonds is 4. The minimum absolute atomic E-state index is 0.0702. The van der Waals surface area contributed by atoms with Gasteiger partial charge in [-0.05, 0) is 67.8 Å². The fraction of sp³-hybridized carbons (Fsp3) is 0.304. The SMILES string of the molecule is Cc1ccc(Nc2ccc(N3CCN(C(=O)Nc4ccc(C)c(C)c4)CC3)nn2)nc1. The highest BCUT2D eigenvalue weighted by atomic mass is 16.2. The lowest BCUT2D eigenvalue weighted by molar-refractivity contribution is 0.208. The lowest BCUT2D eigenvalue weighted by Crippen LogP contribution is -2.50. The second-order valence-electron chi connectivity index (χ2n) is 7.83. The van der Waals surface area contributed by atoms with Gasteiger partial charge in [0.1, 0.15) is 5.82 Å². The van der Waals surface area contributed by atoms with E-state index in [1.807, 2.05) is 61.2 Å². The summed E-state index contributed by atoms with van der Waals surface area (Å²) in [6.45, 7) is 8.78. The highest BCUT2D eigenvalue weighted by Crippen LogP contribution is 2.18. The number of carbonyl (C=O) groups excluding carboxylic acids is 1. The number of pyridine rings is 1. The average molecular weight is 418 g/mol. The first-order valence-electron chi connectivity index (χ1n) is 10.4. The quantitative estimate of drug-likeness (QED) is 0.670. The molecule has 1 aliphatic heterocycles. The standard InChI is InChI=1S/C23H27N7O/c1-16-4-7-20(24-15-16)26-21-8-9-22(28-27-21)29-10-12-30(13-11-29)23(31)25-19-6-5-17(2)18(3)14-19/h4-9,14-15H,10-13H2,1-3H3,(H,25,31)(H,24,26,27). The monoisotopic (exact) mass is 417 g/mol. The third-order valence-corrected chi connectivity index (χ3v) is 5.47. The van der Waals surface area contributed by atoms with E-state index < -0.39 is 0 Å². The molecule has 0 aliphatic carbocycles. The normalized spacial score (nSPS) is 13.8. The van der Waals surface area contributed by atoms with Crippen molar-refractivity contribution in [1.29, 1.82) is 0 Å². The predicted octanol–water partition coefficient (Wildman–Crippen LogP) is 3.89. The van der Waals surface area contributed by atoms with E-state index in [0.29, 0.717) is 32.0 Å². The van der Waals surface area contributed by atoms with Gasteiger partial charge < -0.3 is 20.4 Å². The molecule has 0 saturated carbocycles. The summed E-state index contributed by atoms with van der Waals surface area (Å²) >= 11 is 0. The summed E-state index contributed by atoms with van der Waals surface area (Å²) in [5, 5.41) is 14.7. The fourth-order valence-corrected chi connectivity index (χ4v) is 3.39. The van der Waals surface area contributed by atoms with Gasteiger partial charge in [0.2, 0.25) is 0 Å². The number of hydrogen-bond donors (Lipinski definition) is 2. The Bertz CT molecular complexity index is 1040. The van der Waals surface area contributed by atoms with Crippen LogP contribution in [0, 0.1) is 20.8 Å². The van der Waals surface area contributed by atoms with Crippen LogP contribution in [0.4, 0.5) is 27.9 Å². The average Bonchev–Trinajstić information content (AvgIpc) is 2.78.